The molecule has 0 amide bonds. The maximum absolute atomic E-state index is 13.3. The molecule has 1 aliphatic rings. The van der Waals surface area contributed by atoms with Crippen LogP contribution in [0.15, 0.2) is 36.4 Å². The number of hydrogen-bond donors (Lipinski definition) is 1. The molecule has 28 heavy (non-hydrogen) atoms. The zero-order chi connectivity index (χ0) is 20.3. The average molecular weight is 449 g/mol. The molecule has 0 radical (unpaired) electrons. The topological polar surface area (TPSA) is 49.4 Å². The first-order valence-corrected chi connectivity index (χ1v) is 11.2. The third-order valence-electron chi connectivity index (χ3n) is 4.66. The van der Waals surface area contributed by atoms with Gasteiger partial charge in [0, 0.05) is 25.7 Å². The SMILES string of the molecule is O=S(=O)(Cc1ccc(Cl)c(Cl)c1)NC1CCN(Cc2ccc(F)c(F)c2)CC1. The van der Waals surface area contributed by atoms with Crippen molar-refractivity contribution in [2.75, 3.05) is 13.1 Å². The maximum Gasteiger partial charge on any atom is 0.216 e. The fourth-order valence-electron chi connectivity index (χ4n) is 3.25. The molecular weight excluding hydrogens is 429 g/mol. The minimum Gasteiger partial charge on any atom is -0.299 e. The third kappa shape index (κ3) is 5.87. The van der Waals surface area contributed by atoms with Crippen molar-refractivity contribution in [1.82, 2.24) is 9.62 Å². The quantitative estimate of drug-likeness (QED) is 0.714. The molecule has 1 fully saturated rings. The Morgan fingerprint density at radius 1 is 0.964 bits per heavy atom. The van der Waals surface area contributed by atoms with Crippen LogP contribution in [-0.2, 0) is 22.3 Å². The van der Waals surface area contributed by atoms with Crippen molar-refractivity contribution >= 4 is 33.2 Å². The van der Waals surface area contributed by atoms with E-state index in [2.05, 4.69) is 9.62 Å². The largest absolute Gasteiger partial charge is 0.299 e. The van der Waals surface area contributed by atoms with Crippen LogP contribution in [0, 0.1) is 11.6 Å². The van der Waals surface area contributed by atoms with Crippen LogP contribution < -0.4 is 4.72 Å². The van der Waals surface area contributed by atoms with Gasteiger partial charge in [-0.15, -0.1) is 0 Å². The Morgan fingerprint density at radius 3 is 2.29 bits per heavy atom. The lowest BCUT2D eigenvalue weighted by molar-refractivity contribution is 0.199. The van der Waals surface area contributed by atoms with E-state index in [0.717, 1.165) is 6.07 Å². The van der Waals surface area contributed by atoms with Gasteiger partial charge in [-0.2, -0.15) is 0 Å². The summed E-state index contributed by atoms with van der Waals surface area (Å²) in [5.41, 5.74) is 1.26. The summed E-state index contributed by atoms with van der Waals surface area (Å²) < 4.78 is 53.9. The van der Waals surface area contributed by atoms with E-state index in [9.17, 15) is 17.2 Å². The molecule has 0 spiro atoms. The third-order valence-corrected chi connectivity index (χ3v) is 6.81. The number of piperidine rings is 1. The van der Waals surface area contributed by atoms with Crippen LogP contribution in [0.5, 0.6) is 0 Å². The summed E-state index contributed by atoms with van der Waals surface area (Å²) in [4.78, 5) is 2.09. The smallest absolute Gasteiger partial charge is 0.216 e. The monoisotopic (exact) mass is 448 g/mol. The Kier molecular flexibility index (Phi) is 6.94. The van der Waals surface area contributed by atoms with Crippen LogP contribution in [0.4, 0.5) is 8.78 Å². The van der Waals surface area contributed by atoms with E-state index in [-0.39, 0.29) is 11.8 Å². The molecule has 0 aromatic heterocycles. The van der Waals surface area contributed by atoms with Crippen molar-refractivity contribution in [2.45, 2.75) is 31.2 Å². The Hall–Kier alpha value is -1.25. The summed E-state index contributed by atoms with van der Waals surface area (Å²) in [5.74, 6) is -1.89. The summed E-state index contributed by atoms with van der Waals surface area (Å²) >= 11 is 11.8. The molecule has 152 valence electrons. The van der Waals surface area contributed by atoms with Crippen LogP contribution >= 0.6 is 23.2 Å². The van der Waals surface area contributed by atoms with Gasteiger partial charge in [0.15, 0.2) is 11.6 Å². The summed E-state index contributed by atoms with van der Waals surface area (Å²) in [6.45, 7) is 1.83. The van der Waals surface area contributed by atoms with Crippen LogP contribution in [-0.4, -0.2) is 32.4 Å². The molecule has 4 nitrogen and oxygen atoms in total. The predicted octanol–water partition coefficient (Wildman–Crippen LogP) is 4.36. The van der Waals surface area contributed by atoms with E-state index in [0.29, 0.717) is 53.6 Å². The molecule has 2 aromatic rings. The van der Waals surface area contributed by atoms with Crippen LogP contribution in [0.25, 0.3) is 0 Å². The highest BCUT2D eigenvalue weighted by atomic mass is 35.5. The van der Waals surface area contributed by atoms with E-state index in [1.165, 1.54) is 6.07 Å². The summed E-state index contributed by atoms with van der Waals surface area (Å²) in [6, 6.07) is 8.48. The molecule has 3 rings (SSSR count). The molecule has 0 saturated carbocycles. The number of likely N-dealkylation sites (tertiary alicyclic amines) is 1. The number of nitrogens with zero attached hydrogens (tertiary/aromatic N) is 1. The predicted molar refractivity (Wildman–Crippen MR) is 107 cm³/mol. The zero-order valence-electron chi connectivity index (χ0n) is 15.0. The summed E-state index contributed by atoms with van der Waals surface area (Å²) in [5, 5.41) is 0.698. The Labute approximate surface area is 173 Å². The van der Waals surface area contributed by atoms with Gasteiger partial charge in [-0.05, 0) is 48.2 Å². The van der Waals surface area contributed by atoms with E-state index in [1.807, 2.05) is 0 Å². The van der Waals surface area contributed by atoms with E-state index in [4.69, 9.17) is 23.2 Å². The molecule has 1 aliphatic heterocycles. The minimum absolute atomic E-state index is 0.158. The van der Waals surface area contributed by atoms with Gasteiger partial charge in [0.25, 0.3) is 0 Å². The highest BCUT2D eigenvalue weighted by molar-refractivity contribution is 7.88. The van der Waals surface area contributed by atoms with E-state index in [1.54, 1.807) is 24.3 Å². The second-order valence-corrected chi connectivity index (χ2v) is 9.49. The van der Waals surface area contributed by atoms with Gasteiger partial charge < -0.3 is 0 Å². The Morgan fingerprint density at radius 2 is 1.64 bits per heavy atom. The lowest BCUT2D eigenvalue weighted by atomic mass is 10.1. The van der Waals surface area contributed by atoms with Crippen LogP contribution in [0.3, 0.4) is 0 Å². The standard InChI is InChI=1S/C19H20Cl2F2N2O2S/c20-16-3-1-14(9-17(16)21)12-28(26,27)24-15-5-7-25(8-6-15)11-13-2-4-18(22)19(23)10-13/h1-4,9-10,15,24H,5-8,11-12H2. The second-order valence-electron chi connectivity index (χ2n) is 6.92. The molecule has 1 N–H and O–H groups in total. The zero-order valence-corrected chi connectivity index (χ0v) is 17.3. The molecule has 1 saturated heterocycles. The fourth-order valence-corrected chi connectivity index (χ4v) is 5.02. The van der Waals surface area contributed by atoms with Crippen molar-refractivity contribution < 1.29 is 17.2 Å². The van der Waals surface area contributed by atoms with Gasteiger partial charge in [0.1, 0.15) is 0 Å². The highest BCUT2D eigenvalue weighted by Gasteiger charge is 2.24. The van der Waals surface area contributed by atoms with Gasteiger partial charge in [-0.25, -0.2) is 21.9 Å². The highest BCUT2D eigenvalue weighted by Crippen LogP contribution is 2.24. The maximum atomic E-state index is 13.3. The number of sulfonamides is 1. The number of nitrogens with one attached hydrogen (secondary N) is 1. The molecule has 0 aliphatic carbocycles. The van der Waals surface area contributed by atoms with E-state index < -0.39 is 21.7 Å². The number of benzene rings is 2. The normalized spacial score (nSPS) is 16.4. The molecule has 0 bridgehead atoms. The van der Waals surface area contributed by atoms with Gasteiger partial charge in [-0.1, -0.05) is 35.3 Å². The molecule has 0 atom stereocenters. The number of halogens is 4. The van der Waals surface area contributed by atoms with Gasteiger partial charge in [-0.3, -0.25) is 4.90 Å². The first-order valence-electron chi connectivity index (χ1n) is 8.82. The Balaban J connectivity index is 1.51. The Bertz CT molecular complexity index is 949. The molecule has 1 heterocycles. The number of hydrogen-bond acceptors (Lipinski definition) is 3. The van der Waals surface area contributed by atoms with Crippen molar-refractivity contribution in [3.05, 3.63) is 69.2 Å². The number of rotatable bonds is 6. The summed E-state index contributed by atoms with van der Waals surface area (Å²) in [6.07, 6.45) is 1.29. The molecule has 0 unspecified atom stereocenters. The average Bonchev–Trinajstić information content (AvgIpc) is 2.62. The molecular formula is C19H20Cl2F2N2O2S. The van der Waals surface area contributed by atoms with Crippen molar-refractivity contribution in [2.24, 2.45) is 0 Å². The molecule has 2 aromatic carbocycles. The van der Waals surface area contributed by atoms with Crippen molar-refractivity contribution in [1.29, 1.82) is 0 Å². The summed E-state index contributed by atoms with van der Waals surface area (Å²) in [7, 11) is -3.51. The van der Waals surface area contributed by atoms with E-state index >= 15 is 0 Å². The van der Waals surface area contributed by atoms with Crippen molar-refractivity contribution in [3.63, 3.8) is 0 Å². The first kappa shape index (κ1) is 21.5. The van der Waals surface area contributed by atoms with Gasteiger partial charge in [0.2, 0.25) is 10.0 Å². The van der Waals surface area contributed by atoms with Crippen molar-refractivity contribution in [3.8, 4) is 0 Å². The first-order chi connectivity index (χ1) is 13.2. The fraction of sp³-hybridized carbons (Fsp3) is 0.368. The van der Waals surface area contributed by atoms with Crippen LogP contribution in [0.1, 0.15) is 24.0 Å². The lowest BCUT2D eigenvalue weighted by Crippen LogP contribution is -2.44. The lowest BCUT2D eigenvalue weighted by Gasteiger charge is -2.32. The second kappa shape index (κ2) is 9.05. The minimum atomic E-state index is -3.51. The van der Waals surface area contributed by atoms with Gasteiger partial charge in [0.05, 0.1) is 15.8 Å². The van der Waals surface area contributed by atoms with Gasteiger partial charge >= 0.3 is 0 Å². The molecule has 9 heteroatoms. The van der Waals surface area contributed by atoms with Crippen LogP contribution in [0.2, 0.25) is 10.0 Å².